The van der Waals surface area contributed by atoms with Crippen LogP contribution >= 0.6 is 11.3 Å². The van der Waals surface area contributed by atoms with Crippen LogP contribution in [-0.2, 0) is 24.1 Å². The molecular weight excluding hydrogens is 376 g/mol. The third-order valence-electron chi connectivity index (χ3n) is 4.76. The third kappa shape index (κ3) is 4.14. The Morgan fingerprint density at radius 1 is 1.18 bits per heavy atom. The van der Waals surface area contributed by atoms with E-state index in [1.54, 1.807) is 55.8 Å². The largest absolute Gasteiger partial charge is 0.493 e. The van der Waals surface area contributed by atoms with Gasteiger partial charge in [0.2, 0.25) is 11.7 Å². The first-order valence-electron chi connectivity index (χ1n) is 9.30. The van der Waals surface area contributed by atoms with E-state index in [9.17, 15) is 4.79 Å². The predicted molar refractivity (Wildman–Crippen MR) is 111 cm³/mol. The molecule has 0 atom stereocenters. The zero-order chi connectivity index (χ0) is 20.1. The van der Waals surface area contributed by atoms with Crippen molar-refractivity contribution in [1.82, 2.24) is 4.98 Å². The lowest BCUT2D eigenvalue weighted by atomic mass is 10.0. The number of anilines is 1. The number of hydrogen-bond donors (Lipinski definition) is 0. The number of carbonyl (C=O) groups excluding carboxylic acids is 1. The van der Waals surface area contributed by atoms with Gasteiger partial charge in [0.15, 0.2) is 16.6 Å². The topological polar surface area (TPSA) is 60.9 Å². The lowest BCUT2D eigenvalue weighted by Crippen LogP contribution is -2.32. The van der Waals surface area contributed by atoms with Crippen molar-refractivity contribution in [3.05, 3.63) is 40.9 Å². The molecule has 0 bridgehead atoms. The van der Waals surface area contributed by atoms with Gasteiger partial charge in [0.05, 0.1) is 33.4 Å². The first kappa shape index (κ1) is 20.2. The highest BCUT2D eigenvalue weighted by Gasteiger charge is 2.23. The number of benzene rings is 1. The average molecular weight is 403 g/mol. The molecule has 1 aliphatic carbocycles. The maximum absolute atomic E-state index is 13.1. The molecule has 3 rings (SSSR count). The predicted octanol–water partition coefficient (Wildman–Crippen LogP) is 3.81. The van der Waals surface area contributed by atoms with Crippen LogP contribution < -0.4 is 19.1 Å². The summed E-state index contributed by atoms with van der Waals surface area (Å²) in [6.07, 6.45) is 6.33. The van der Waals surface area contributed by atoms with Crippen molar-refractivity contribution in [2.45, 2.75) is 32.1 Å². The lowest BCUT2D eigenvalue weighted by molar-refractivity contribution is -0.117. The summed E-state index contributed by atoms with van der Waals surface area (Å²) in [5, 5.41) is 0.754. The van der Waals surface area contributed by atoms with E-state index in [-0.39, 0.29) is 12.3 Å². The molecule has 0 unspecified atom stereocenters. The number of amides is 1. The molecule has 1 heterocycles. The van der Waals surface area contributed by atoms with E-state index in [1.165, 1.54) is 11.3 Å². The minimum absolute atomic E-state index is 0.0414. The number of aromatic nitrogens is 1. The van der Waals surface area contributed by atoms with Crippen molar-refractivity contribution >= 4 is 22.4 Å². The van der Waals surface area contributed by atoms with Crippen molar-refractivity contribution in [1.29, 1.82) is 0 Å². The van der Waals surface area contributed by atoms with Gasteiger partial charge in [0.25, 0.3) is 0 Å². The number of methoxy groups -OCH3 is 3. The van der Waals surface area contributed by atoms with Gasteiger partial charge in [-0.05, 0) is 43.4 Å². The Balaban J connectivity index is 1.86. The van der Waals surface area contributed by atoms with E-state index in [4.69, 9.17) is 19.2 Å². The van der Waals surface area contributed by atoms with Gasteiger partial charge < -0.3 is 14.2 Å². The second kappa shape index (κ2) is 9.10. The van der Waals surface area contributed by atoms with Crippen LogP contribution in [0.4, 0.5) is 5.13 Å². The van der Waals surface area contributed by atoms with Crippen LogP contribution in [0.1, 0.15) is 29.0 Å². The van der Waals surface area contributed by atoms with Crippen LogP contribution in [0, 0.1) is 0 Å². The summed E-state index contributed by atoms with van der Waals surface area (Å²) in [5.41, 5.74) is 1.93. The van der Waals surface area contributed by atoms with Gasteiger partial charge in [-0.3, -0.25) is 9.69 Å². The number of rotatable bonds is 8. The first-order valence-corrected chi connectivity index (χ1v) is 10.1. The molecular formula is C21H26N2O4S. The van der Waals surface area contributed by atoms with Crippen LogP contribution in [-0.4, -0.2) is 38.8 Å². The van der Waals surface area contributed by atoms with Gasteiger partial charge in [0.1, 0.15) is 0 Å². The molecule has 1 amide bonds. The molecule has 0 saturated carbocycles. The summed E-state index contributed by atoms with van der Waals surface area (Å²) >= 11 is 1.62. The van der Waals surface area contributed by atoms with Crippen LogP contribution in [0.15, 0.2) is 24.8 Å². The molecule has 1 aliphatic rings. The fourth-order valence-corrected chi connectivity index (χ4v) is 4.55. The monoisotopic (exact) mass is 402 g/mol. The highest BCUT2D eigenvalue weighted by molar-refractivity contribution is 7.16. The molecule has 2 aromatic rings. The number of ether oxygens (including phenoxy) is 3. The van der Waals surface area contributed by atoms with E-state index in [0.29, 0.717) is 23.8 Å². The van der Waals surface area contributed by atoms with Gasteiger partial charge in [-0.1, -0.05) is 6.08 Å². The van der Waals surface area contributed by atoms with Crippen LogP contribution in [0.25, 0.3) is 0 Å². The average Bonchev–Trinajstić information content (AvgIpc) is 3.14. The van der Waals surface area contributed by atoms with Crippen LogP contribution in [0.2, 0.25) is 0 Å². The number of aryl methyl sites for hydroxylation is 2. The van der Waals surface area contributed by atoms with Gasteiger partial charge in [0, 0.05) is 11.4 Å². The van der Waals surface area contributed by atoms with E-state index in [0.717, 1.165) is 35.7 Å². The second-order valence-electron chi connectivity index (χ2n) is 6.58. The Morgan fingerprint density at radius 2 is 1.86 bits per heavy atom. The van der Waals surface area contributed by atoms with Crippen molar-refractivity contribution in [2.24, 2.45) is 0 Å². The SMILES string of the molecule is C=CCN(C(=O)Cc1cc(OC)c(OC)c(OC)c1)c1nc2c(s1)CCCC2. The summed E-state index contributed by atoms with van der Waals surface area (Å²) in [7, 11) is 4.68. The Kier molecular flexibility index (Phi) is 6.57. The maximum atomic E-state index is 13.1. The van der Waals surface area contributed by atoms with Crippen molar-refractivity contribution in [3.8, 4) is 17.2 Å². The number of fused-ring (bicyclic) bond motifs is 1. The minimum Gasteiger partial charge on any atom is -0.493 e. The molecule has 28 heavy (non-hydrogen) atoms. The molecule has 0 fully saturated rings. The summed E-state index contributed by atoms with van der Waals surface area (Å²) in [6, 6.07) is 3.61. The van der Waals surface area contributed by atoms with Crippen LogP contribution in [0.3, 0.4) is 0 Å². The molecule has 7 heteroatoms. The molecule has 0 saturated heterocycles. The van der Waals surface area contributed by atoms with Gasteiger partial charge in [-0.15, -0.1) is 17.9 Å². The van der Waals surface area contributed by atoms with E-state index < -0.39 is 0 Å². The summed E-state index contributed by atoms with van der Waals surface area (Å²) < 4.78 is 16.1. The molecule has 0 N–H and O–H groups in total. The lowest BCUT2D eigenvalue weighted by Gasteiger charge is -2.19. The molecule has 0 spiro atoms. The Bertz CT molecular complexity index is 814. The fourth-order valence-electron chi connectivity index (χ4n) is 3.38. The molecule has 6 nitrogen and oxygen atoms in total. The molecule has 1 aromatic heterocycles. The Morgan fingerprint density at radius 3 is 2.43 bits per heavy atom. The van der Waals surface area contributed by atoms with E-state index in [2.05, 4.69) is 6.58 Å². The Hall–Kier alpha value is -2.54. The summed E-state index contributed by atoms with van der Waals surface area (Å²) in [5.74, 6) is 1.53. The molecule has 1 aromatic carbocycles. The van der Waals surface area contributed by atoms with Gasteiger partial charge in [-0.25, -0.2) is 4.98 Å². The molecule has 150 valence electrons. The van der Waals surface area contributed by atoms with Gasteiger partial charge >= 0.3 is 0 Å². The van der Waals surface area contributed by atoms with Crippen molar-refractivity contribution in [2.75, 3.05) is 32.8 Å². The molecule has 0 radical (unpaired) electrons. The number of nitrogens with zero attached hydrogens (tertiary/aromatic N) is 2. The second-order valence-corrected chi connectivity index (χ2v) is 7.64. The van der Waals surface area contributed by atoms with Gasteiger partial charge in [-0.2, -0.15) is 0 Å². The fraction of sp³-hybridized carbons (Fsp3) is 0.429. The number of carbonyl (C=O) groups is 1. The molecule has 0 aliphatic heterocycles. The van der Waals surface area contributed by atoms with Crippen LogP contribution in [0.5, 0.6) is 17.2 Å². The highest BCUT2D eigenvalue weighted by Crippen LogP contribution is 2.38. The number of hydrogen-bond acceptors (Lipinski definition) is 6. The van der Waals surface area contributed by atoms with E-state index >= 15 is 0 Å². The number of thiazole rings is 1. The maximum Gasteiger partial charge on any atom is 0.233 e. The van der Waals surface area contributed by atoms with Crippen molar-refractivity contribution < 1.29 is 19.0 Å². The van der Waals surface area contributed by atoms with Crippen molar-refractivity contribution in [3.63, 3.8) is 0 Å². The summed E-state index contributed by atoms with van der Waals surface area (Å²) in [6.45, 7) is 4.23. The normalized spacial score (nSPS) is 12.8. The van der Waals surface area contributed by atoms with E-state index in [1.807, 2.05) is 0 Å². The summed E-state index contributed by atoms with van der Waals surface area (Å²) in [4.78, 5) is 20.8. The zero-order valence-electron chi connectivity index (χ0n) is 16.6. The zero-order valence-corrected chi connectivity index (χ0v) is 17.4. The third-order valence-corrected chi connectivity index (χ3v) is 5.94. The highest BCUT2D eigenvalue weighted by atomic mass is 32.1. The minimum atomic E-state index is -0.0414. The quantitative estimate of drug-likeness (QED) is 0.629. The Labute approximate surface area is 169 Å². The smallest absolute Gasteiger partial charge is 0.233 e. The standard InChI is InChI=1S/C21H26N2O4S/c1-5-10-23(21-22-15-8-6-7-9-18(15)28-21)19(24)13-14-11-16(25-2)20(27-4)17(12-14)26-3/h5,11-12H,1,6-10,13H2,2-4H3. The first-order chi connectivity index (χ1) is 13.6.